The normalized spacial score (nSPS) is 12.4. The summed E-state index contributed by atoms with van der Waals surface area (Å²) in [4.78, 5) is 27.3. The van der Waals surface area contributed by atoms with E-state index in [1.54, 1.807) is 11.8 Å². The molecule has 0 aromatic heterocycles. The fourth-order valence-corrected chi connectivity index (χ4v) is 3.78. The van der Waals surface area contributed by atoms with E-state index in [0.717, 1.165) is 10.0 Å². The van der Waals surface area contributed by atoms with E-state index in [1.165, 1.54) is 5.56 Å². The van der Waals surface area contributed by atoms with Crippen LogP contribution in [-0.2, 0) is 21.4 Å². The first kappa shape index (κ1) is 25.9. The van der Waals surface area contributed by atoms with Crippen LogP contribution in [0.15, 0.2) is 53.0 Å². The van der Waals surface area contributed by atoms with Crippen LogP contribution < -0.4 is 10.1 Å². The van der Waals surface area contributed by atoms with Gasteiger partial charge in [-0.25, -0.2) is 0 Å². The van der Waals surface area contributed by atoms with Gasteiger partial charge in [-0.05, 0) is 71.8 Å². The van der Waals surface area contributed by atoms with Crippen molar-refractivity contribution in [2.45, 2.75) is 65.5 Å². The van der Waals surface area contributed by atoms with E-state index in [9.17, 15) is 9.59 Å². The highest BCUT2D eigenvalue weighted by molar-refractivity contribution is 9.10. The molecule has 0 aliphatic rings. The van der Waals surface area contributed by atoms with Gasteiger partial charge in [0.2, 0.25) is 5.91 Å². The predicted octanol–water partition coefficient (Wildman–Crippen LogP) is 5.11. The number of carbonyl (C=O) groups excluding carboxylic acids is 2. The Bertz CT molecular complexity index is 907. The number of halogens is 1. The van der Waals surface area contributed by atoms with Crippen LogP contribution >= 0.6 is 15.9 Å². The largest absolute Gasteiger partial charge is 0.483 e. The van der Waals surface area contributed by atoms with Gasteiger partial charge in [0.25, 0.3) is 5.91 Å². The minimum Gasteiger partial charge on any atom is -0.483 e. The Balaban J connectivity index is 2.11. The molecule has 2 rings (SSSR count). The minimum atomic E-state index is -0.594. The molecule has 0 saturated heterocycles. The van der Waals surface area contributed by atoms with E-state index in [1.807, 2.05) is 62.4 Å². The van der Waals surface area contributed by atoms with E-state index in [-0.39, 0.29) is 29.9 Å². The summed E-state index contributed by atoms with van der Waals surface area (Å²) >= 11 is 3.55. The average molecular weight is 503 g/mol. The van der Waals surface area contributed by atoms with Gasteiger partial charge in [-0.15, -0.1) is 0 Å². The number of rotatable bonds is 9. The van der Waals surface area contributed by atoms with Crippen molar-refractivity contribution in [1.29, 1.82) is 0 Å². The number of amides is 2. The third kappa shape index (κ3) is 7.66. The molecule has 0 aliphatic heterocycles. The lowest BCUT2D eigenvalue weighted by molar-refractivity contribution is -0.141. The maximum absolute atomic E-state index is 13.1. The summed E-state index contributed by atoms with van der Waals surface area (Å²) in [5.74, 6) is 0.213. The van der Waals surface area contributed by atoms with Gasteiger partial charge in [-0.2, -0.15) is 0 Å². The van der Waals surface area contributed by atoms with E-state index >= 15 is 0 Å². The standard InChI is InChI=1S/C26H35BrN2O3/c1-18(2)28-25(31)19(3)29(15-14-20-10-8-7-9-11-20)24(30)17-32-23-13-12-21(16-22(23)27)26(4,5)6/h7-13,16,18-19H,14-15,17H2,1-6H3,(H,28,31). The van der Waals surface area contributed by atoms with Crippen LogP contribution in [-0.4, -0.2) is 41.9 Å². The zero-order chi connectivity index (χ0) is 23.9. The number of nitrogens with zero attached hydrogens (tertiary/aromatic N) is 1. The Kier molecular flexibility index (Phi) is 9.32. The Morgan fingerprint density at radius 2 is 1.72 bits per heavy atom. The molecule has 174 valence electrons. The molecule has 0 spiro atoms. The zero-order valence-electron chi connectivity index (χ0n) is 19.9. The first-order valence-electron chi connectivity index (χ1n) is 11.1. The monoisotopic (exact) mass is 502 g/mol. The average Bonchev–Trinajstić information content (AvgIpc) is 2.72. The van der Waals surface area contributed by atoms with Gasteiger partial charge in [0.15, 0.2) is 6.61 Å². The van der Waals surface area contributed by atoms with Crippen LogP contribution in [0.3, 0.4) is 0 Å². The van der Waals surface area contributed by atoms with Gasteiger partial charge >= 0.3 is 0 Å². The molecular formula is C26H35BrN2O3. The first-order chi connectivity index (χ1) is 15.0. The first-order valence-corrected chi connectivity index (χ1v) is 11.8. The van der Waals surface area contributed by atoms with Crippen molar-refractivity contribution < 1.29 is 14.3 Å². The van der Waals surface area contributed by atoms with Crippen LogP contribution in [0.5, 0.6) is 5.75 Å². The van der Waals surface area contributed by atoms with Crippen LogP contribution in [0, 0.1) is 0 Å². The molecule has 1 N–H and O–H groups in total. The highest BCUT2D eigenvalue weighted by atomic mass is 79.9. The summed E-state index contributed by atoms with van der Waals surface area (Å²) in [6, 6.07) is 15.3. The van der Waals surface area contributed by atoms with Gasteiger partial charge in [0, 0.05) is 12.6 Å². The molecule has 0 heterocycles. The second-order valence-electron chi connectivity index (χ2n) is 9.35. The van der Waals surface area contributed by atoms with Gasteiger partial charge in [0.05, 0.1) is 4.47 Å². The van der Waals surface area contributed by atoms with Crippen molar-refractivity contribution in [3.63, 3.8) is 0 Å². The van der Waals surface area contributed by atoms with E-state index in [0.29, 0.717) is 18.7 Å². The number of nitrogens with one attached hydrogen (secondary N) is 1. The molecule has 1 unspecified atom stereocenters. The summed E-state index contributed by atoms with van der Waals surface area (Å²) in [7, 11) is 0. The fourth-order valence-electron chi connectivity index (χ4n) is 3.28. The van der Waals surface area contributed by atoms with Crippen LogP contribution in [0.25, 0.3) is 0 Å². The predicted molar refractivity (Wildman–Crippen MR) is 133 cm³/mol. The van der Waals surface area contributed by atoms with Crippen molar-refractivity contribution in [1.82, 2.24) is 10.2 Å². The Morgan fingerprint density at radius 3 is 2.28 bits per heavy atom. The van der Waals surface area contributed by atoms with Gasteiger partial charge < -0.3 is 15.0 Å². The zero-order valence-corrected chi connectivity index (χ0v) is 21.5. The maximum atomic E-state index is 13.1. The molecule has 0 fully saturated rings. The lowest BCUT2D eigenvalue weighted by Crippen LogP contribution is -2.51. The number of ether oxygens (including phenoxy) is 1. The lowest BCUT2D eigenvalue weighted by Gasteiger charge is -2.29. The maximum Gasteiger partial charge on any atom is 0.261 e. The molecule has 5 nitrogen and oxygen atoms in total. The Hall–Kier alpha value is -2.34. The van der Waals surface area contributed by atoms with Gasteiger partial charge in [-0.1, -0.05) is 57.2 Å². The summed E-state index contributed by atoms with van der Waals surface area (Å²) in [6.07, 6.45) is 0.663. The van der Waals surface area contributed by atoms with E-state index < -0.39 is 6.04 Å². The van der Waals surface area contributed by atoms with Crippen molar-refractivity contribution in [2.24, 2.45) is 0 Å². The fraction of sp³-hybridized carbons (Fsp3) is 0.462. The summed E-state index contributed by atoms with van der Waals surface area (Å²) in [5.41, 5.74) is 2.30. The minimum absolute atomic E-state index is 0.00422. The molecule has 0 radical (unpaired) electrons. The summed E-state index contributed by atoms with van der Waals surface area (Å²) < 4.78 is 6.65. The van der Waals surface area contributed by atoms with E-state index in [4.69, 9.17) is 4.74 Å². The van der Waals surface area contributed by atoms with Crippen LogP contribution in [0.1, 0.15) is 52.7 Å². The number of hydrogen-bond donors (Lipinski definition) is 1. The smallest absolute Gasteiger partial charge is 0.261 e. The molecule has 0 aliphatic carbocycles. The number of hydrogen-bond acceptors (Lipinski definition) is 3. The molecule has 0 bridgehead atoms. The Labute approximate surface area is 200 Å². The molecule has 0 saturated carbocycles. The quantitative estimate of drug-likeness (QED) is 0.518. The highest BCUT2D eigenvalue weighted by Gasteiger charge is 2.26. The molecule has 2 aromatic rings. The number of benzene rings is 2. The third-order valence-electron chi connectivity index (χ3n) is 5.23. The molecule has 2 amide bonds. The Morgan fingerprint density at radius 1 is 1.06 bits per heavy atom. The highest BCUT2D eigenvalue weighted by Crippen LogP contribution is 2.31. The van der Waals surface area contributed by atoms with Gasteiger partial charge in [-0.3, -0.25) is 9.59 Å². The SMILES string of the molecule is CC(C)NC(=O)C(C)N(CCc1ccccc1)C(=O)COc1ccc(C(C)(C)C)cc1Br. The van der Waals surface area contributed by atoms with E-state index in [2.05, 4.69) is 42.0 Å². The summed E-state index contributed by atoms with van der Waals surface area (Å²) in [6.45, 7) is 12.3. The molecule has 32 heavy (non-hydrogen) atoms. The van der Waals surface area contributed by atoms with Crippen LogP contribution in [0.2, 0.25) is 0 Å². The topological polar surface area (TPSA) is 58.6 Å². The number of carbonyl (C=O) groups is 2. The van der Waals surface area contributed by atoms with Crippen molar-refractivity contribution in [3.8, 4) is 5.75 Å². The third-order valence-corrected chi connectivity index (χ3v) is 5.85. The van der Waals surface area contributed by atoms with Crippen molar-refractivity contribution in [2.75, 3.05) is 13.2 Å². The van der Waals surface area contributed by atoms with Crippen molar-refractivity contribution in [3.05, 3.63) is 64.1 Å². The van der Waals surface area contributed by atoms with Gasteiger partial charge in [0.1, 0.15) is 11.8 Å². The van der Waals surface area contributed by atoms with Crippen LogP contribution in [0.4, 0.5) is 0 Å². The second-order valence-corrected chi connectivity index (χ2v) is 10.2. The second kappa shape index (κ2) is 11.5. The lowest BCUT2D eigenvalue weighted by atomic mass is 9.87. The molecule has 6 heteroatoms. The van der Waals surface area contributed by atoms with Crippen molar-refractivity contribution >= 4 is 27.7 Å². The molecular weight excluding hydrogens is 468 g/mol. The molecule has 1 atom stereocenters. The molecule has 2 aromatic carbocycles. The summed E-state index contributed by atoms with van der Waals surface area (Å²) in [5, 5.41) is 2.90.